The van der Waals surface area contributed by atoms with Crippen molar-refractivity contribution in [3.63, 3.8) is 0 Å². The predicted molar refractivity (Wildman–Crippen MR) is 48.7 cm³/mol. The topological polar surface area (TPSA) is 17.1 Å². The third-order valence-corrected chi connectivity index (χ3v) is 3.14. The van der Waals surface area contributed by atoms with E-state index in [1.54, 1.807) is 6.92 Å². The van der Waals surface area contributed by atoms with Gasteiger partial charge in [0.2, 0.25) is 0 Å². The minimum atomic E-state index is 0.133. The number of hydrogen-bond donors (Lipinski definition) is 0. The molecule has 1 fully saturated rings. The maximum atomic E-state index is 11.3. The van der Waals surface area contributed by atoms with Gasteiger partial charge in [-0.15, -0.1) is 0 Å². The number of fused-ring (bicyclic) bond motifs is 2. The fourth-order valence-electron chi connectivity index (χ4n) is 2.50. The van der Waals surface area contributed by atoms with Crippen LogP contribution in [-0.2, 0) is 4.79 Å². The van der Waals surface area contributed by atoms with Gasteiger partial charge in [0.1, 0.15) is 5.78 Å². The first kappa shape index (κ1) is 7.78. The van der Waals surface area contributed by atoms with Crippen LogP contribution in [0, 0.1) is 17.8 Å². The highest BCUT2D eigenvalue weighted by Gasteiger charge is 2.37. The second-order valence-electron chi connectivity index (χ2n) is 3.90. The summed E-state index contributed by atoms with van der Waals surface area (Å²) in [6, 6.07) is 0. The molecule has 0 aromatic rings. The van der Waals surface area contributed by atoms with E-state index in [0.717, 1.165) is 5.57 Å². The van der Waals surface area contributed by atoms with Crippen molar-refractivity contribution in [1.29, 1.82) is 0 Å². The normalized spacial score (nSPS) is 38.8. The minimum absolute atomic E-state index is 0.133. The summed E-state index contributed by atoms with van der Waals surface area (Å²) in [6.45, 7) is 5.71. The molecule has 2 bridgehead atoms. The molecule has 3 aliphatic carbocycles. The quantitative estimate of drug-likeness (QED) is 0.541. The maximum absolute atomic E-state index is 11.3. The zero-order valence-electron chi connectivity index (χ0n) is 7.42. The minimum Gasteiger partial charge on any atom is -0.299 e. The van der Waals surface area contributed by atoms with Gasteiger partial charge in [-0.1, -0.05) is 24.3 Å². The summed E-state index contributed by atoms with van der Waals surface area (Å²) in [5.74, 6) is 1.37. The van der Waals surface area contributed by atoms with Crippen LogP contribution in [0.2, 0.25) is 0 Å². The van der Waals surface area contributed by atoms with Crippen molar-refractivity contribution in [2.45, 2.75) is 19.8 Å². The Morgan fingerprint density at radius 1 is 1.50 bits per heavy atom. The van der Waals surface area contributed by atoms with Crippen LogP contribution in [0.3, 0.4) is 0 Å². The highest BCUT2D eigenvalue weighted by atomic mass is 16.1. The van der Waals surface area contributed by atoms with E-state index in [1.165, 1.54) is 12.8 Å². The van der Waals surface area contributed by atoms with Crippen molar-refractivity contribution in [2.24, 2.45) is 17.8 Å². The van der Waals surface area contributed by atoms with Crippen LogP contribution >= 0.6 is 0 Å². The van der Waals surface area contributed by atoms with Gasteiger partial charge in [0.05, 0.1) is 0 Å². The largest absolute Gasteiger partial charge is 0.299 e. The van der Waals surface area contributed by atoms with Gasteiger partial charge in [0, 0.05) is 5.92 Å². The van der Waals surface area contributed by atoms with Crippen molar-refractivity contribution in [3.05, 3.63) is 24.3 Å². The fraction of sp³-hybridized carbons (Fsp3) is 0.545. The Morgan fingerprint density at radius 3 is 2.58 bits per heavy atom. The molecule has 1 heteroatoms. The highest BCUT2D eigenvalue weighted by molar-refractivity contribution is 5.82. The van der Waals surface area contributed by atoms with Gasteiger partial charge >= 0.3 is 0 Å². The summed E-state index contributed by atoms with van der Waals surface area (Å²) >= 11 is 0. The van der Waals surface area contributed by atoms with E-state index in [-0.39, 0.29) is 5.92 Å². The molecule has 1 nitrogen and oxygen atoms in total. The average Bonchev–Trinajstić information content (AvgIpc) is 2.05. The monoisotopic (exact) mass is 162 g/mol. The van der Waals surface area contributed by atoms with E-state index >= 15 is 0 Å². The molecule has 0 aromatic carbocycles. The summed E-state index contributed by atoms with van der Waals surface area (Å²) < 4.78 is 0. The molecule has 0 aliphatic heterocycles. The molecule has 0 heterocycles. The second kappa shape index (κ2) is 2.58. The highest BCUT2D eigenvalue weighted by Crippen LogP contribution is 2.43. The van der Waals surface area contributed by atoms with Crippen molar-refractivity contribution in [1.82, 2.24) is 0 Å². The number of ketones is 1. The Hall–Kier alpha value is -0.850. The first-order valence-corrected chi connectivity index (χ1v) is 4.57. The van der Waals surface area contributed by atoms with Crippen LogP contribution in [0.25, 0.3) is 0 Å². The molecular weight excluding hydrogens is 148 g/mol. The van der Waals surface area contributed by atoms with E-state index in [0.29, 0.717) is 17.6 Å². The maximum Gasteiger partial charge on any atom is 0.137 e. The van der Waals surface area contributed by atoms with Gasteiger partial charge in [0.25, 0.3) is 0 Å². The number of allylic oxidation sites excluding steroid dienone is 3. The zero-order chi connectivity index (χ0) is 8.72. The van der Waals surface area contributed by atoms with Crippen LogP contribution in [0.1, 0.15) is 19.8 Å². The summed E-state index contributed by atoms with van der Waals surface area (Å²) in [5, 5.41) is 0. The lowest BCUT2D eigenvalue weighted by atomic mass is 9.65. The Morgan fingerprint density at radius 2 is 2.25 bits per heavy atom. The standard InChI is InChI=1S/C11H14O/c1-7-9-3-5-10(6-4-9)11(7)8(2)12/h3,5,9-11H,1,4,6H2,2H3/t9-,10+,11+/m1/s1. The van der Waals surface area contributed by atoms with Gasteiger partial charge in [0.15, 0.2) is 0 Å². The first-order chi connectivity index (χ1) is 5.70. The molecule has 12 heavy (non-hydrogen) atoms. The Balaban J connectivity index is 2.32. The molecule has 64 valence electrons. The fourth-order valence-corrected chi connectivity index (χ4v) is 2.50. The second-order valence-corrected chi connectivity index (χ2v) is 3.90. The molecule has 0 amide bonds. The number of hydrogen-bond acceptors (Lipinski definition) is 1. The van der Waals surface area contributed by atoms with E-state index < -0.39 is 0 Å². The molecule has 0 N–H and O–H groups in total. The molecule has 3 rings (SSSR count). The molecule has 0 unspecified atom stereocenters. The lowest BCUT2D eigenvalue weighted by Gasteiger charge is -2.38. The van der Waals surface area contributed by atoms with Gasteiger partial charge in [-0.2, -0.15) is 0 Å². The van der Waals surface area contributed by atoms with Crippen LogP contribution in [0.15, 0.2) is 24.3 Å². The molecule has 0 radical (unpaired) electrons. The van der Waals surface area contributed by atoms with Crippen molar-refractivity contribution < 1.29 is 4.79 Å². The van der Waals surface area contributed by atoms with E-state index in [9.17, 15) is 4.79 Å². The summed E-state index contributed by atoms with van der Waals surface area (Å²) in [5.41, 5.74) is 1.15. The Kier molecular flexibility index (Phi) is 1.67. The molecule has 3 atom stereocenters. The van der Waals surface area contributed by atoms with Crippen LogP contribution < -0.4 is 0 Å². The van der Waals surface area contributed by atoms with Crippen molar-refractivity contribution in [3.8, 4) is 0 Å². The lowest BCUT2D eigenvalue weighted by Crippen LogP contribution is -2.33. The van der Waals surface area contributed by atoms with Gasteiger partial charge in [-0.25, -0.2) is 0 Å². The third kappa shape index (κ3) is 0.961. The molecule has 3 aliphatic rings. The number of carbonyl (C=O) groups is 1. The lowest BCUT2D eigenvalue weighted by molar-refractivity contribution is -0.121. The summed E-state index contributed by atoms with van der Waals surface area (Å²) in [6.07, 6.45) is 6.79. The third-order valence-electron chi connectivity index (χ3n) is 3.14. The summed E-state index contributed by atoms with van der Waals surface area (Å²) in [4.78, 5) is 11.3. The molecule has 0 aromatic heterocycles. The van der Waals surface area contributed by atoms with Gasteiger partial charge in [-0.3, -0.25) is 4.79 Å². The van der Waals surface area contributed by atoms with E-state index in [1.807, 2.05) is 0 Å². The molecule has 0 spiro atoms. The molecule has 0 saturated heterocycles. The predicted octanol–water partition coefficient (Wildman–Crippen LogP) is 2.34. The first-order valence-electron chi connectivity index (χ1n) is 4.57. The molecule has 1 saturated carbocycles. The smallest absolute Gasteiger partial charge is 0.137 e. The SMILES string of the molecule is C=C1[C@@H](C(C)=O)[C@H]2C=C[C@@H]1CC2. The number of carbonyl (C=O) groups excluding carboxylic acids is 1. The van der Waals surface area contributed by atoms with Gasteiger partial charge < -0.3 is 0 Å². The molecular formula is C11H14O. The number of Topliss-reactive ketones (excluding diaryl/α,β-unsaturated/α-hetero) is 1. The van der Waals surface area contributed by atoms with Crippen LogP contribution in [0.5, 0.6) is 0 Å². The Labute approximate surface area is 73.2 Å². The van der Waals surface area contributed by atoms with Crippen molar-refractivity contribution >= 4 is 5.78 Å². The van der Waals surface area contributed by atoms with Crippen LogP contribution in [0.4, 0.5) is 0 Å². The Bertz CT molecular complexity index is 262. The average molecular weight is 162 g/mol. The van der Waals surface area contributed by atoms with Gasteiger partial charge in [-0.05, 0) is 31.6 Å². The zero-order valence-corrected chi connectivity index (χ0v) is 7.42. The van der Waals surface area contributed by atoms with E-state index in [4.69, 9.17) is 0 Å². The van der Waals surface area contributed by atoms with E-state index in [2.05, 4.69) is 18.7 Å². The number of rotatable bonds is 1. The summed E-state index contributed by atoms with van der Waals surface area (Å²) in [7, 11) is 0. The van der Waals surface area contributed by atoms with Crippen LogP contribution in [-0.4, -0.2) is 5.78 Å². The van der Waals surface area contributed by atoms with Crippen molar-refractivity contribution in [2.75, 3.05) is 0 Å².